The van der Waals surface area contributed by atoms with E-state index in [0.29, 0.717) is 16.7 Å². The first-order valence-corrected chi connectivity index (χ1v) is 6.73. The molecule has 1 heterocycles. The molecule has 2 aromatic carbocycles. The standard InChI is InChI=1S/C16H14F2N2O/c1-2-19-9-10-3-6-14-15(7-10)21-16(20-14)11-4-5-12(17)13(18)8-11/h3-8,19H,2,9H2,1H3. The van der Waals surface area contributed by atoms with Crippen molar-refractivity contribution in [1.29, 1.82) is 0 Å². The summed E-state index contributed by atoms with van der Waals surface area (Å²) in [4.78, 5) is 4.30. The van der Waals surface area contributed by atoms with Crippen LogP contribution in [0.15, 0.2) is 40.8 Å². The molecule has 0 aliphatic carbocycles. The lowest BCUT2D eigenvalue weighted by Crippen LogP contribution is -2.11. The van der Waals surface area contributed by atoms with Crippen LogP contribution in [0.4, 0.5) is 8.78 Å². The van der Waals surface area contributed by atoms with Crippen LogP contribution in [0.1, 0.15) is 12.5 Å². The van der Waals surface area contributed by atoms with Crippen molar-refractivity contribution in [3.63, 3.8) is 0 Å². The molecule has 3 aromatic rings. The SMILES string of the molecule is CCNCc1ccc2nc(-c3ccc(F)c(F)c3)oc2c1. The fourth-order valence-corrected chi connectivity index (χ4v) is 2.10. The van der Waals surface area contributed by atoms with Gasteiger partial charge in [-0.3, -0.25) is 0 Å². The highest BCUT2D eigenvalue weighted by molar-refractivity contribution is 5.76. The van der Waals surface area contributed by atoms with Crippen molar-refractivity contribution in [3.05, 3.63) is 53.6 Å². The maximum atomic E-state index is 13.3. The normalized spacial score (nSPS) is 11.2. The number of nitrogens with zero attached hydrogens (tertiary/aromatic N) is 1. The number of halogens is 2. The van der Waals surface area contributed by atoms with Gasteiger partial charge in [0, 0.05) is 12.1 Å². The average Bonchev–Trinajstić information content (AvgIpc) is 2.91. The van der Waals surface area contributed by atoms with E-state index in [1.807, 2.05) is 25.1 Å². The van der Waals surface area contributed by atoms with E-state index in [1.165, 1.54) is 6.07 Å². The molecule has 0 aliphatic rings. The summed E-state index contributed by atoms with van der Waals surface area (Å²) in [7, 11) is 0. The second-order valence-electron chi connectivity index (χ2n) is 4.73. The van der Waals surface area contributed by atoms with Gasteiger partial charge in [0.25, 0.3) is 0 Å². The number of fused-ring (bicyclic) bond motifs is 1. The van der Waals surface area contributed by atoms with Crippen LogP contribution >= 0.6 is 0 Å². The first kappa shape index (κ1) is 13.7. The number of benzene rings is 2. The molecule has 0 spiro atoms. The minimum atomic E-state index is -0.914. The van der Waals surface area contributed by atoms with Gasteiger partial charge in [-0.05, 0) is 42.4 Å². The van der Waals surface area contributed by atoms with Crippen LogP contribution in [0.5, 0.6) is 0 Å². The number of rotatable bonds is 4. The summed E-state index contributed by atoms with van der Waals surface area (Å²) in [5.74, 6) is -1.52. The van der Waals surface area contributed by atoms with Gasteiger partial charge < -0.3 is 9.73 Å². The molecule has 0 amide bonds. The van der Waals surface area contributed by atoms with Crippen LogP contribution in [-0.4, -0.2) is 11.5 Å². The maximum absolute atomic E-state index is 13.3. The van der Waals surface area contributed by atoms with Crippen LogP contribution in [0.2, 0.25) is 0 Å². The minimum Gasteiger partial charge on any atom is -0.436 e. The first-order chi connectivity index (χ1) is 10.2. The van der Waals surface area contributed by atoms with Gasteiger partial charge in [-0.2, -0.15) is 0 Å². The van der Waals surface area contributed by atoms with Crippen molar-refractivity contribution in [2.75, 3.05) is 6.54 Å². The van der Waals surface area contributed by atoms with Gasteiger partial charge in [-0.1, -0.05) is 13.0 Å². The Bertz CT molecular complexity index is 783. The van der Waals surface area contributed by atoms with E-state index in [4.69, 9.17) is 4.42 Å². The molecule has 0 radical (unpaired) electrons. The van der Waals surface area contributed by atoms with E-state index >= 15 is 0 Å². The van der Waals surface area contributed by atoms with Gasteiger partial charge in [0.05, 0.1) is 0 Å². The van der Waals surface area contributed by atoms with Crippen LogP contribution in [0, 0.1) is 11.6 Å². The molecular weight excluding hydrogens is 274 g/mol. The van der Waals surface area contributed by atoms with E-state index in [1.54, 1.807) is 0 Å². The van der Waals surface area contributed by atoms with E-state index < -0.39 is 11.6 Å². The summed E-state index contributed by atoms with van der Waals surface area (Å²) < 4.78 is 31.9. The summed E-state index contributed by atoms with van der Waals surface area (Å²) >= 11 is 0. The number of oxazole rings is 1. The fourth-order valence-electron chi connectivity index (χ4n) is 2.10. The Labute approximate surface area is 120 Å². The van der Waals surface area contributed by atoms with Gasteiger partial charge in [0.2, 0.25) is 5.89 Å². The molecule has 0 saturated carbocycles. The highest BCUT2D eigenvalue weighted by Gasteiger charge is 2.11. The molecule has 0 saturated heterocycles. The molecule has 1 N–H and O–H groups in total. The number of aromatic nitrogens is 1. The molecule has 3 nitrogen and oxygen atoms in total. The Balaban J connectivity index is 1.98. The third-order valence-electron chi connectivity index (χ3n) is 3.20. The van der Waals surface area contributed by atoms with Crippen molar-refractivity contribution in [2.45, 2.75) is 13.5 Å². The van der Waals surface area contributed by atoms with E-state index in [2.05, 4.69) is 10.3 Å². The summed E-state index contributed by atoms with van der Waals surface area (Å²) in [5.41, 5.74) is 2.82. The summed E-state index contributed by atoms with van der Waals surface area (Å²) in [6.07, 6.45) is 0. The van der Waals surface area contributed by atoms with Crippen molar-refractivity contribution < 1.29 is 13.2 Å². The zero-order chi connectivity index (χ0) is 14.8. The van der Waals surface area contributed by atoms with Crippen molar-refractivity contribution in [2.24, 2.45) is 0 Å². The lowest BCUT2D eigenvalue weighted by molar-refractivity contribution is 0.508. The summed E-state index contributed by atoms with van der Waals surface area (Å²) in [5, 5.41) is 3.23. The molecule has 0 aliphatic heterocycles. The topological polar surface area (TPSA) is 38.1 Å². The van der Waals surface area contributed by atoms with Gasteiger partial charge in [0.1, 0.15) is 5.52 Å². The molecule has 0 atom stereocenters. The fraction of sp³-hybridized carbons (Fsp3) is 0.188. The molecule has 1 aromatic heterocycles. The highest BCUT2D eigenvalue weighted by Crippen LogP contribution is 2.26. The van der Waals surface area contributed by atoms with Gasteiger partial charge in [0.15, 0.2) is 17.2 Å². The smallest absolute Gasteiger partial charge is 0.227 e. The van der Waals surface area contributed by atoms with Crippen molar-refractivity contribution in [1.82, 2.24) is 10.3 Å². The molecular formula is C16H14F2N2O. The molecule has 5 heteroatoms. The molecule has 21 heavy (non-hydrogen) atoms. The van der Waals surface area contributed by atoms with Crippen LogP contribution < -0.4 is 5.32 Å². The average molecular weight is 288 g/mol. The molecule has 0 unspecified atom stereocenters. The second kappa shape index (κ2) is 5.61. The Kier molecular flexibility index (Phi) is 3.66. The van der Waals surface area contributed by atoms with E-state index in [0.717, 1.165) is 30.8 Å². The first-order valence-electron chi connectivity index (χ1n) is 6.73. The number of nitrogens with one attached hydrogen (secondary N) is 1. The third kappa shape index (κ3) is 2.78. The maximum Gasteiger partial charge on any atom is 0.227 e. The number of hydrogen-bond acceptors (Lipinski definition) is 3. The lowest BCUT2D eigenvalue weighted by atomic mass is 10.2. The molecule has 3 rings (SSSR count). The van der Waals surface area contributed by atoms with Gasteiger partial charge >= 0.3 is 0 Å². The number of hydrogen-bond donors (Lipinski definition) is 1. The Hall–Kier alpha value is -2.27. The molecule has 108 valence electrons. The third-order valence-corrected chi connectivity index (χ3v) is 3.20. The van der Waals surface area contributed by atoms with Gasteiger partial charge in [-0.25, -0.2) is 13.8 Å². The Morgan fingerprint density at radius 2 is 1.95 bits per heavy atom. The summed E-state index contributed by atoms with van der Waals surface area (Å²) in [6, 6.07) is 9.31. The highest BCUT2D eigenvalue weighted by atomic mass is 19.2. The van der Waals surface area contributed by atoms with Crippen molar-refractivity contribution >= 4 is 11.1 Å². The zero-order valence-corrected chi connectivity index (χ0v) is 11.5. The lowest BCUT2D eigenvalue weighted by Gasteiger charge is -2.00. The monoisotopic (exact) mass is 288 g/mol. The molecule has 0 fully saturated rings. The van der Waals surface area contributed by atoms with Gasteiger partial charge in [-0.15, -0.1) is 0 Å². The van der Waals surface area contributed by atoms with Crippen LogP contribution in [0.25, 0.3) is 22.6 Å². The van der Waals surface area contributed by atoms with Crippen LogP contribution in [-0.2, 0) is 6.54 Å². The Morgan fingerprint density at radius 3 is 2.71 bits per heavy atom. The van der Waals surface area contributed by atoms with E-state index in [-0.39, 0.29) is 5.89 Å². The predicted molar refractivity (Wildman–Crippen MR) is 76.7 cm³/mol. The van der Waals surface area contributed by atoms with Crippen LogP contribution in [0.3, 0.4) is 0 Å². The minimum absolute atomic E-state index is 0.282. The predicted octanol–water partition coefficient (Wildman–Crippen LogP) is 3.88. The zero-order valence-electron chi connectivity index (χ0n) is 11.5. The molecule has 0 bridgehead atoms. The second-order valence-corrected chi connectivity index (χ2v) is 4.73. The van der Waals surface area contributed by atoms with Crippen molar-refractivity contribution in [3.8, 4) is 11.5 Å². The quantitative estimate of drug-likeness (QED) is 0.791. The summed E-state index contributed by atoms with van der Waals surface area (Å²) in [6.45, 7) is 3.66. The van der Waals surface area contributed by atoms with E-state index in [9.17, 15) is 8.78 Å². The largest absolute Gasteiger partial charge is 0.436 e. The Morgan fingerprint density at radius 1 is 1.10 bits per heavy atom.